The van der Waals surface area contributed by atoms with Gasteiger partial charge in [0.2, 0.25) is 0 Å². The first-order valence-electron chi connectivity index (χ1n) is 10.7. The van der Waals surface area contributed by atoms with Crippen molar-refractivity contribution in [2.75, 3.05) is 65.7 Å². The van der Waals surface area contributed by atoms with Gasteiger partial charge in [-0.2, -0.15) is 0 Å². The van der Waals surface area contributed by atoms with Gasteiger partial charge in [0.1, 0.15) is 0 Å². The van der Waals surface area contributed by atoms with Crippen molar-refractivity contribution in [3.05, 3.63) is 0 Å². The van der Waals surface area contributed by atoms with Crippen molar-refractivity contribution in [1.82, 2.24) is 15.1 Å². The number of nitrogens with zero attached hydrogens (tertiary/aromatic N) is 3. The molecule has 3 aliphatic rings. The molecule has 0 aromatic heterocycles. The maximum absolute atomic E-state index is 5.67. The Bertz CT molecular complexity index is 451. The van der Waals surface area contributed by atoms with Crippen LogP contribution >= 0.6 is 24.0 Å². The first-order chi connectivity index (χ1) is 12.8. The van der Waals surface area contributed by atoms with Crippen LogP contribution in [0.25, 0.3) is 0 Å². The van der Waals surface area contributed by atoms with Gasteiger partial charge in [-0.3, -0.25) is 9.89 Å². The van der Waals surface area contributed by atoms with Crippen LogP contribution in [0.1, 0.15) is 46.0 Å². The van der Waals surface area contributed by atoms with Crippen molar-refractivity contribution in [1.29, 1.82) is 0 Å². The normalized spacial score (nSPS) is 26.2. The molecule has 0 aliphatic carbocycles. The van der Waals surface area contributed by atoms with E-state index >= 15 is 0 Å². The molecule has 0 aromatic rings. The van der Waals surface area contributed by atoms with Crippen LogP contribution in [0.2, 0.25) is 0 Å². The second-order valence-corrected chi connectivity index (χ2v) is 7.96. The number of halogens is 1. The monoisotopic (exact) mass is 494 g/mol. The van der Waals surface area contributed by atoms with E-state index < -0.39 is 0 Å². The zero-order valence-corrected chi connectivity index (χ0v) is 19.6. The standard InChI is InChI=1S/C20H38N4O2.HI/c1-3-21-19(23-12-7-18(15-23)16-25-4-2)22-17-20(8-13-26-14-9-20)24-10-5-6-11-24;/h18H,3-17H2,1-2H3,(H,21,22);1H. The topological polar surface area (TPSA) is 49.3 Å². The van der Waals surface area contributed by atoms with E-state index in [4.69, 9.17) is 14.5 Å². The Balaban J connectivity index is 0.00000261. The van der Waals surface area contributed by atoms with E-state index in [9.17, 15) is 0 Å². The summed E-state index contributed by atoms with van der Waals surface area (Å²) in [7, 11) is 0. The van der Waals surface area contributed by atoms with Crippen molar-refractivity contribution in [2.24, 2.45) is 10.9 Å². The van der Waals surface area contributed by atoms with Crippen LogP contribution < -0.4 is 5.32 Å². The van der Waals surface area contributed by atoms with Crippen LogP contribution in [0, 0.1) is 5.92 Å². The van der Waals surface area contributed by atoms with Crippen molar-refractivity contribution >= 4 is 29.9 Å². The maximum Gasteiger partial charge on any atom is 0.193 e. The van der Waals surface area contributed by atoms with Crippen LogP contribution in [0.3, 0.4) is 0 Å². The molecule has 3 fully saturated rings. The molecule has 0 bridgehead atoms. The first-order valence-corrected chi connectivity index (χ1v) is 10.7. The zero-order valence-electron chi connectivity index (χ0n) is 17.3. The highest BCUT2D eigenvalue weighted by atomic mass is 127. The predicted octanol–water partition coefficient (Wildman–Crippen LogP) is 2.57. The Hall–Kier alpha value is -0.120. The third kappa shape index (κ3) is 6.18. The Morgan fingerprint density at radius 3 is 2.59 bits per heavy atom. The molecule has 0 spiro atoms. The molecule has 1 N–H and O–H groups in total. The summed E-state index contributed by atoms with van der Waals surface area (Å²) in [6.45, 7) is 14.1. The molecule has 6 nitrogen and oxygen atoms in total. The van der Waals surface area contributed by atoms with E-state index in [0.29, 0.717) is 5.92 Å². The second kappa shape index (κ2) is 11.8. The Kier molecular flexibility index (Phi) is 10.1. The number of rotatable bonds is 7. The molecule has 1 atom stereocenters. The molecule has 0 amide bonds. The minimum Gasteiger partial charge on any atom is -0.381 e. The fourth-order valence-corrected chi connectivity index (χ4v) is 4.61. The molecule has 3 saturated heterocycles. The maximum atomic E-state index is 5.67. The summed E-state index contributed by atoms with van der Waals surface area (Å²) in [5.74, 6) is 1.73. The molecule has 0 radical (unpaired) electrons. The number of hydrogen-bond acceptors (Lipinski definition) is 4. The summed E-state index contributed by atoms with van der Waals surface area (Å²) >= 11 is 0. The third-order valence-corrected chi connectivity index (χ3v) is 6.20. The minimum absolute atomic E-state index is 0. The molecule has 1 unspecified atom stereocenters. The highest BCUT2D eigenvalue weighted by Crippen LogP contribution is 2.32. The van der Waals surface area contributed by atoms with E-state index in [-0.39, 0.29) is 29.5 Å². The number of ether oxygens (including phenoxy) is 2. The van der Waals surface area contributed by atoms with Gasteiger partial charge in [-0.05, 0) is 59.0 Å². The van der Waals surface area contributed by atoms with Crippen LogP contribution in [0.15, 0.2) is 4.99 Å². The fourth-order valence-electron chi connectivity index (χ4n) is 4.61. The van der Waals surface area contributed by atoms with Gasteiger partial charge in [0.15, 0.2) is 5.96 Å². The largest absolute Gasteiger partial charge is 0.381 e. The lowest BCUT2D eigenvalue weighted by Gasteiger charge is -2.43. The lowest BCUT2D eigenvalue weighted by molar-refractivity contribution is -0.0139. The molecule has 3 heterocycles. The van der Waals surface area contributed by atoms with Crippen LogP contribution in [0.5, 0.6) is 0 Å². The zero-order chi connectivity index (χ0) is 18.2. The molecule has 27 heavy (non-hydrogen) atoms. The van der Waals surface area contributed by atoms with Gasteiger partial charge in [-0.25, -0.2) is 0 Å². The van der Waals surface area contributed by atoms with Crippen LogP contribution in [-0.4, -0.2) is 87.0 Å². The summed E-state index contributed by atoms with van der Waals surface area (Å²) in [5.41, 5.74) is 0.208. The second-order valence-electron chi connectivity index (χ2n) is 7.96. The van der Waals surface area contributed by atoms with Gasteiger partial charge in [-0.1, -0.05) is 0 Å². The predicted molar refractivity (Wildman–Crippen MR) is 121 cm³/mol. The Morgan fingerprint density at radius 1 is 1.19 bits per heavy atom. The summed E-state index contributed by atoms with van der Waals surface area (Å²) in [6.07, 6.45) is 6.09. The van der Waals surface area contributed by atoms with Crippen LogP contribution in [0.4, 0.5) is 0 Å². The number of hydrogen-bond donors (Lipinski definition) is 1. The van der Waals surface area contributed by atoms with E-state index in [1.165, 1.54) is 32.4 Å². The minimum atomic E-state index is 0. The molecular weight excluding hydrogens is 455 g/mol. The van der Waals surface area contributed by atoms with E-state index in [2.05, 4.69) is 29.0 Å². The van der Waals surface area contributed by atoms with Gasteiger partial charge in [0, 0.05) is 50.9 Å². The van der Waals surface area contributed by atoms with Crippen LogP contribution in [-0.2, 0) is 9.47 Å². The quantitative estimate of drug-likeness (QED) is 0.335. The van der Waals surface area contributed by atoms with Gasteiger partial charge in [-0.15, -0.1) is 24.0 Å². The lowest BCUT2D eigenvalue weighted by Crippen LogP contribution is -2.54. The third-order valence-electron chi connectivity index (χ3n) is 6.20. The van der Waals surface area contributed by atoms with Gasteiger partial charge < -0.3 is 19.7 Å². The molecular formula is C20H39IN4O2. The molecule has 7 heteroatoms. The Labute approximate surface area is 182 Å². The van der Waals surface area contributed by atoms with Gasteiger partial charge in [0.25, 0.3) is 0 Å². The number of aliphatic imine (C=N–C) groups is 1. The molecule has 0 saturated carbocycles. The highest BCUT2D eigenvalue weighted by Gasteiger charge is 2.39. The molecule has 3 rings (SSSR count). The summed E-state index contributed by atoms with van der Waals surface area (Å²) in [6, 6.07) is 0. The average molecular weight is 494 g/mol. The highest BCUT2D eigenvalue weighted by molar-refractivity contribution is 14.0. The van der Waals surface area contributed by atoms with E-state index in [1.54, 1.807) is 0 Å². The average Bonchev–Trinajstić information content (AvgIpc) is 3.36. The smallest absolute Gasteiger partial charge is 0.193 e. The first kappa shape index (κ1) is 23.2. The van der Waals surface area contributed by atoms with Crippen molar-refractivity contribution in [3.63, 3.8) is 0 Å². The van der Waals surface area contributed by atoms with Gasteiger partial charge >= 0.3 is 0 Å². The number of likely N-dealkylation sites (tertiary alicyclic amines) is 2. The van der Waals surface area contributed by atoms with Crippen molar-refractivity contribution < 1.29 is 9.47 Å². The Morgan fingerprint density at radius 2 is 1.93 bits per heavy atom. The van der Waals surface area contributed by atoms with E-state index in [1.807, 2.05) is 0 Å². The lowest BCUT2D eigenvalue weighted by atomic mass is 9.88. The van der Waals surface area contributed by atoms with Crippen molar-refractivity contribution in [3.8, 4) is 0 Å². The van der Waals surface area contributed by atoms with Gasteiger partial charge in [0.05, 0.1) is 13.2 Å². The summed E-state index contributed by atoms with van der Waals surface area (Å²) < 4.78 is 11.3. The molecule has 158 valence electrons. The van der Waals surface area contributed by atoms with E-state index in [0.717, 1.165) is 71.4 Å². The summed E-state index contributed by atoms with van der Waals surface area (Å²) in [5, 5.41) is 3.53. The number of guanidine groups is 1. The number of nitrogens with one attached hydrogen (secondary N) is 1. The summed E-state index contributed by atoms with van der Waals surface area (Å²) in [4.78, 5) is 10.3. The molecule has 3 aliphatic heterocycles. The van der Waals surface area contributed by atoms with Crippen molar-refractivity contribution in [2.45, 2.75) is 51.5 Å². The molecule has 0 aromatic carbocycles. The fraction of sp³-hybridized carbons (Fsp3) is 0.950. The SMILES string of the molecule is CCNC(=NCC1(N2CCCC2)CCOCC1)N1CCC(COCC)C1.I.